The normalized spacial score (nSPS) is 18.9. The van der Waals surface area contributed by atoms with E-state index in [1.165, 1.54) is 44.6 Å². The molecule has 1 N–H and O–H groups in total. The van der Waals surface area contributed by atoms with Crippen molar-refractivity contribution in [3.05, 3.63) is 22.8 Å². The van der Waals surface area contributed by atoms with E-state index in [1.54, 1.807) is 13.8 Å². The molecular formula is C28H48O3. The van der Waals surface area contributed by atoms with Crippen LogP contribution in [0.25, 0.3) is 0 Å². The zero-order chi connectivity index (χ0) is 23.6. The molecule has 0 amide bonds. The fourth-order valence-electron chi connectivity index (χ4n) is 4.56. The minimum Gasteiger partial charge on any atom is -0.390 e. The third kappa shape index (κ3) is 10.8. The summed E-state index contributed by atoms with van der Waals surface area (Å²) in [5.74, 6) is 2.22. The lowest BCUT2D eigenvalue weighted by Crippen LogP contribution is -2.26. The molecule has 0 aromatic rings. The fourth-order valence-corrected chi connectivity index (χ4v) is 4.56. The molecule has 3 atom stereocenters. The standard InChI is InChI=1S/C28H48O3/c1-20(2)11-8-12-21(3)13-9-14-22(4)15-10-17-28(7,31)18-16-25-24(6)26(29)19-23(5)27(25)30/h19-22,31H,8-18H2,1-7H3/t21-,22-,28+/m0/s1. The van der Waals surface area contributed by atoms with Gasteiger partial charge in [0.25, 0.3) is 0 Å². The van der Waals surface area contributed by atoms with Gasteiger partial charge in [-0.3, -0.25) is 9.59 Å². The number of carbonyl (C=O) groups excluding carboxylic acids is 2. The lowest BCUT2D eigenvalue weighted by Gasteiger charge is -2.25. The van der Waals surface area contributed by atoms with Gasteiger partial charge < -0.3 is 5.11 Å². The average molecular weight is 433 g/mol. The maximum absolute atomic E-state index is 12.4. The molecule has 31 heavy (non-hydrogen) atoms. The van der Waals surface area contributed by atoms with Gasteiger partial charge in [0.2, 0.25) is 0 Å². The van der Waals surface area contributed by atoms with Crippen LogP contribution in [-0.4, -0.2) is 22.3 Å². The van der Waals surface area contributed by atoms with Crippen molar-refractivity contribution in [3.8, 4) is 0 Å². The van der Waals surface area contributed by atoms with E-state index in [2.05, 4.69) is 27.7 Å². The van der Waals surface area contributed by atoms with Crippen LogP contribution in [0.1, 0.15) is 119 Å². The van der Waals surface area contributed by atoms with Crippen molar-refractivity contribution in [2.24, 2.45) is 17.8 Å². The van der Waals surface area contributed by atoms with Gasteiger partial charge in [-0.1, -0.05) is 79.1 Å². The third-order valence-corrected chi connectivity index (χ3v) is 7.00. The quantitative estimate of drug-likeness (QED) is 0.275. The average Bonchev–Trinajstić information content (AvgIpc) is 2.66. The van der Waals surface area contributed by atoms with E-state index in [4.69, 9.17) is 0 Å². The van der Waals surface area contributed by atoms with E-state index in [9.17, 15) is 14.7 Å². The van der Waals surface area contributed by atoms with Crippen molar-refractivity contribution in [1.29, 1.82) is 0 Å². The molecule has 0 fully saturated rings. The Bertz CT molecular complexity index is 651. The van der Waals surface area contributed by atoms with Crippen molar-refractivity contribution < 1.29 is 14.7 Å². The molecule has 0 bridgehead atoms. The van der Waals surface area contributed by atoms with E-state index in [1.807, 2.05) is 6.92 Å². The predicted octanol–water partition coefficient (Wildman–Crippen LogP) is 7.37. The zero-order valence-electron chi connectivity index (χ0n) is 21.4. The molecule has 0 spiro atoms. The summed E-state index contributed by atoms with van der Waals surface area (Å²) in [5, 5.41) is 10.8. The number of hydrogen-bond acceptors (Lipinski definition) is 3. The van der Waals surface area contributed by atoms with Crippen molar-refractivity contribution in [1.82, 2.24) is 0 Å². The van der Waals surface area contributed by atoms with Gasteiger partial charge in [-0.05, 0) is 63.9 Å². The summed E-state index contributed by atoms with van der Waals surface area (Å²) in [6.07, 6.45) is 13.3. The highest BCUT2D eigenvalue weighted by atomic mass is 16.3. The summed E-state index contributed by atoms with van der Waals surface area (Å²) in [5.41, 5.74) is 0.837. The fraction of sp³-hybridized carbons (Fsp3) is 0.786. The van der Waals surface area contributed by atoms with Gasteiger partial charge in [-0.15, -0.1) is 0 Å². The first-order valence-electron chi connectivity index (χ1n) is 12.6. The van der Waals surface area contributed by atoms with Gasteiger partial charge >= 0.3 is 0 Å². The van der Waals surface area contributed by atoms with Crippen molar-refractivity contribution in [3.63, 3.8) is 0 Å². The molecule has 1 aliphatic rings. The van der Waals surface area contributed by atoms with Crippen molar-refractivity contribution in [2.75, 3.05) is 0 Å². The molecule has 0 heterocycles. The topological polar surface area (TPSA) is 54.4 Å². The molecular weight excluding hydrogens is 384 g/mol. The van der Waals surface area contributed by atoms with Gasteiger partial charge in [-0.25, -0.2) is 0 Å². The lowest BCUT2D eigenvalue weighted by molar-refractivity contribution is -0.116. The van der Waals surface area contributed by atoms with Crippen LogP contribution in [0.2, 0.25) is 0 Å². The van der Waals surface area contributed by atoms with Crippen LogP contribution in [0, 0.1) is 17.8 Å². The first-order chi connectivity index (χ1) is 14.4. The number of carbonyl (C=O) groups is 2. The number of Topliss-reactive ketones (excluding diaryl/α,β-unsaturated/α-hetero) is 1. The van der Waals surface area contributed by atoms with E-state index in [0.717, 1.165) is 31.1 Å². The first kappa shape index (κ1) is 27.8. The van der Waals surface area contributed by atoms with Gasteiger partial charge in [0.15, 0.2) is 11.6 Å². The Kier molecular flexibility index (Phi) is 12.0. The Morgan fingerprint density at radius 2 is 1.35 bits per heavy atom. The number of ketones is 2. The van der Waals surface area contributed by atoms with E-state index in [-0.39, 0.29) is 11.6 Å². The molecule has 1 aliphatic carbocycles. The summed E-state index contributed by atoms with van der Waals surface area (Å²) in [7, 11) is 0. The Hall–Kier alpha value is -1.22. The Morgan fingerprint density at radius 1 is 0.839 bits per heavy atom. The summed E-state index contributed by atoms with van der Waals surface area (Å²) < 4.78 is 0. The number of rotatable bonds is 15. The summed E-state index contributed by atoms with van der Waals surface area (Å²) in [6.45, 7) is 14.6. The van der Waals surface area contributed by atoms with Gasteiger partial charge in [0, 0.05) is 16.7 Å². The molecule has 0 aromatic carbocycles. The maximum atomic E-state index is 12.4. The van der Waals surface area contributed by atoms with Gasteiger partial charge in [-0.2, -0.15) is 0 Å². The number of allylic oxidation sites excluding steroid dienone is 4. The highest BCUT2D eigenvalue weighted by Gasteiger charge is 2.27. The Balaban J connectivity index is 2.27. The smallest absolute Gasteiger partial charge is 0.185 e. The second-order valence-electron chi connectivity index (χ2n) is 11.0. The van der Waals surface area contributed by atoms with Crippen LogP contribution in [0.5, 0.6) is 0 Å². The molecule has 3 nitrogen and oxygen atoms in total. The predicted molar refractivity (Wildman–Crippen MR) is 131 cm³/mol. The molecule has 0 aromatic heterocycles. The second-order valence-corrected chi connectivity index (χ2v) is 11.0. The molecule has 0 saturated heterocycles. The summed E-state index contributed by atoms with van der Waals surface area (Å²) in [6, 6.07) is 0. The van der Waals surface area contributed by atoms with E-state index >= 15 is 0 Å². The number of aliphatic hydroxyl groups is 1. The van der Waals surface area contributed by atoms with Gasteiger partial charge in [0.1, 0.15) is 0 Å². The Morgan fingerprint density at radius 3 is 1.90 bits per heavy atom. The first-order valence-corrected chi connectivity index (χ1v) is 12.6. The summed E-state index contributed by atoms with van der Waals surface area (Å²) >= 11 is 0. The molecule has 1 rings (SSSR count). The largest absolute Gasteiger partial charge is 0.390 e. The van der Waals surface area contributed by atoms with Crippen LogP contribution in [0.4, 0.5) is 0 Å². The highest BCUT2D eigenvalue weighted by molar-refractivity contribution is 6.22. The zero-order valence-corrected chi connectivity index (χ0v) is 21.4. The highest BCUT2D eigenvalue weighted by Crippen LogP contribution is 2.29. The molecule has 0 radical (unpaired) electrons. The van der Waals surface area contributed by atoms with E-state index < -0.39 is 5.60 Å². The lowest BCUT2D eigenvalue weighted by atomic mass is 9.84. The maximum Gasteiger partial charge on any atom is 0.185 e. The summed E-state index contributed by atoms with van der Waals surface area (Å²) in [4.78, 5) is 24.4. The molecule has 0 unspecified atom stereocenters. The van der Waals surface area contributed by atoms with Crippen LogP contribution in [0.15, 0.2) is 22.8 Å². The monoisotopic (exact) mass is 432 g/mol. The third-order valence-electron chi connectivity index (χ3n) is 7.00. The molecule has 0 saturated carbocycles. The minimum absolute atomic E-state index is 0.0417. The molecule has 178 valence electrons. The second kappa shape index (κ2) is 13.4. The van der Waals surface area contributed by atoms with Gasteiger partial charge in [0.05, 0.1) is 5.60 Å². The van der Waals surface area contributed by atoms with Crippen LogP contribution in [0.3, 0.4) is 0 Å². The van der Waals surface area contributed by atoms with Crippen LogP contribution >= 0.6 is 0 Å². The molecule has 0 aliphatic heterocycles. The van der Waals surface area contributed by atoms with Crippen molar-refractivity contribution >= 4 is 11.6 Å². The van der Waals surface area contributed by atoms with Crippen LogP contribution < -0.4 is 0 Å². The Labute approximate surface area is 191 Å². The van der Waals surface area contributed by atoms with E-state index in [0.29, 0.717) is 35.5 Å². The van der Waals surface area contributed by atoms with Crippen molar-refractivity contribution in [2.45, 2.75) is 125 Å². The minimum atomic E-state index is -0.795. The van der Waals surface area contributed by atoms with Crippen LogP contribution in [-0.2, 0) is 9.59 Å². The molecule has 3 heteroatoms. The SMILES string of the molecule is CC1=CC(=O)C(C)=C(CC[C@](C)(O)CCC[C@@H](C)CCC[C@@H](C)CCCC(C)C)C1=O. The number of hydrogen-bond donors (Lipinski definition) is 1.